The molecule has 19 nitrogen and oxygen atoms in total. The first-order valence-electron chi connectivity index (χ1n) is 24.4. The lowest BCUT2D eigenvalue weighted by Crippen LogP contribution is -2.22. The molecule has 390 valence electrons. The largest absolute Gasteiger partial charge is 0.497 e. The Morgan fingerprint density at radius 3 is 1.37 bits per heavy atom. The fraction of sp³-hybridized carbons (Fsp3) is 0.250. The van der Waals surface area contributed by atoms with Crippen molar-refractivity contribution in [3.8, 4) is 11.5 Å². The summed E-state index contributed by atoms with van der Waals surface area (Å²) in [6, 6.07) is 43.5. The minimum absolute atomic E-state index is 0.00606. The average molecular weight is 1050 g/mol. The van der Waals surface area contributed by atoms with Gasteiger partial charge in [-0.15, -0.1) is 11.6 Å². The van der Waals surface area contributed by atoms with E-state index in [1.807, 2.05) is 97.9 Å². The molecule has 76 heavy (non-hydrogen) atoms. The third kappa shape index (κ3) is 11.4. The zero-order valence-corrected chi connectivity index (χ0v) is 42.4. The van der Waals surface area contributed by atoms with Gasteiger partial charge in [0.25, 0.3) is 11.8 Å². The number of rotatable bonds is 13. The molecule has 20 heteroatoms. The number of nitrogens with zero attached hydrogens (tertiary/aromatic N) is 8. The number of aliphatic hydroxyl groups is 3. The molecule has 11 rings (SSSR count). The van der Waals surface area contributed by atoms with Crippen LogP contribution in [0.25, 0.3) is 22.3 Å². The van der Waals surface area contributed by atoms with E-state index >= 15 is 0 Å². The molecular formula is C56H55ClN10O9. The molecule has 6 atom stereocenters. The maximum Gasteiger partial charge on any atom is 0.256 e. The highest BCUT2D eigenvalue weighted by Crippen LogP contribution is 2.44. The van der Waals surface area contributed by atoms with E-state index in [1.165, 1.54) is 19.0 Å². The van der Waals surface area contributed by atoms with Crippen LogP contribution in [-0.2, 0) is 14.3 Å². The number of fused-ring (bicyclic) bond motifs is 2. The zero-order valence-electron chi connectivity index (χ0n) is 41.6. The van der Waals surface area contributed by atoms with E-state index < -0.39 is 35.6 Å². The van der Waals surface area contributed by atoms with Crippen LogP contribution in [0.1, 0.15) is 76.0 Å². The van der Waals surface area contributed by atoms with Gasteiger partial charge >= 0.3 is 0 Å². The van der Waals surface area contributed by atoms with E-state index in [4.69, 9.17) is 30.5 Å². The number of amides is 2. The second-order valence-corrected chi connectivity index (χ2v) is 18.3. The van der Waals surface area contributed by atoms with Gasteiger partial charge in [-0.1, -0.05) is 97.9 Å². The lowest BCUT2D eigenvalue weighted by atomic mass is 9.84. The number of alkyl halides is 1. The van der Waals surface area contributed by atoms with Crippen LogP contribution in [0.15, 0.2) is 165 Å². The molecule has 0 aliphatic carbocycles. The number of hydrogen-bond donors (Lipinski definition) is 5. The molecule has 5 aromatic carbocycles. The summed E-state index contributed by atoms with van der Waals surface area (Å²) in [6.07, 6.45) is 4.33. The highest BCUT2D eigenvalue weighted by atomic mass is 35.5. The summed E-state index contributed by atoms with van der Waals surface area (Å²) in [5.41, 5.74) is 5.78. The number of hydrogen-bond acceptors (Lipinski definition) is 15. The highest BCUT2D eigenvalue weighted by molar-refractivity contribution is 6.28. The van der Waals surface area contributed by atoms with Crippen LogP contribution in [0.2, 0.25) is 0 Å². The lowest BCUT2D eigenvalue weighted by Gasteiger charge is -2.29. The lowest BCUT2D eigenvalue weighted by molar-refractivity contribution is -0.0486. The summed E-state index contributed by atoms with van der Waals surface area (Å²) < 4.78 is 25.3. The highest BCUT2D eigenvalue weighted by Gasteiger charge is 2.38. The van der Waals surface area contributed by atoms with Gasteiger partial charge in [0.15, 0.2) is 46.4 Å². The van der Waals surface area contributed by atoms with Crippen molar-refractivity contribution in [2.75, 3.05) is 31.5 Å². The van der Waals surface area contributed by atoms with Crippen molar-refractivity contribution in [3.63, 3.8) is 0 Å². The summed E-state index contributed by atoms with van der Waals surface area (Å²) in [4.78, 5) is 49.2. The third-order valence-corrected chi connectivity index (χ3v) is 13.6. The molecule has 9 aromatic rings. The maximum absolute atomic E-state index is 12.4. The molecule has 0 saturated carbocycles. The first-order valence-corrected chi connectivity index (χ1v) is 24.8. The Labute approximate surface area is 442 Å². The van der Waals surface area contributed by atoms with Gasteiger partial charge in [-0.25, -0.2) is 29.9 Å². The number of anilines is 2. The predicted octanol–water partition coefficient (Wildman–Crippen LogP) is 8.09. The minimum Gasteiger partial charge on any atom is -0.497 e. The summed E-state index contributed by atoms with van der Waals surface area (Å²) >= 11 is 7.22. The number of methoxy groups -OCH3 is 2. The van der Waals surface area contributed by atoms with Crippen LogP contribution in [0.4, 0.5) is 11.6 Å². The van der Waals surface area contributed by atoms with E-state index in [0.29, 0.717) is 52.1 Å². The average Bonchev–Trinajstić information content (AvgIpc) is 4.31. The predicted molar refractivity (Wildman–Crippen MR) is 284 cm³/mol. The number of imidazole rings is 2. The number of carbonyl (C=O) groups is 2. The molecule has 5 N–H and O–H groups in total. The monoisotopic (exact) mass is 1050 g/mol. The number of benzene rings is 5. The molecular weight excluding hydrogens is 992 g/mol. The van der Waals surface area contributed by atoms with Gasteiger partial charge in [-0.05, 0) is 71.6 Å². The SMILES string of the molecule is CC[C@@H]1C[C@@H](O)[C@H](n2cnc3c(NC(=O)c4ccccc4)ncnc32)O1.COc1ccc(C(Cl)(c2ccccc2)c2ccc(OC)cc2)cc1.O=C(Nc1ncnc2c1ncn2[C@@H]1O[C@H](CO)C[C@H]1O)c1ccccc1. The second kappa shape index (κ2) is 24.0. The summed E-state index contributed by atoms with van der Waals surface area (Å²) in [6.45, 7) is 1.85. The van der Waals surface area contributed by atoms with Gasteiger partial charge in [0.1, 0.15) is 41.2 Å². The standard InChI is InChI=1S/C21H19ClO2.C18H19N5O3.C17H17N5O4/c1-23-19-12-8-17(9-13-19)21(22,16-6-4-3-5-7-16)18-10-14-20(24-2)15-11-18;1-2-12-8-13(24)18(26-12)23-10-21-14-15(19-9-20-16(14)23)22-17(25)11-6-4-3-5-7-11;23-7-11-6-12(24)17(26-11)22-9-20-13-14(18-8-19-15(13)22)21-16(25)10-4-2-1-3-5-10/h3-15H,1-2H3;3-7,9-10,12-13,18,24H,2,8H2,1H3,(H,19,20,22,25);1-5,8-9,11-12,17,23-24H,6-7H2,(H,18,19,21,25)/t;12-,13-,18-;11-,12+,17+/m.10/s1. The topological polar surface area (TPSA) is 243 Å². The molecule has 6 heterocycles. The summed E-state index contributed by atoms with van der Waals surface area (Å²) in [7, 11) is 3.31. The quantitative estimate of drug-likeness (QED) is 0.0541. The number of aliphatic hydroxyl groups excluding tert-OH is 3. The van der Waals surface area contributed by atoms with Crippen molar-refractivity contribution in [2.24, 2.45) is 0 Å². The summed E-state index contributed by atoms with van der Waals surface area (Å²) in [5, 5.41) is 35.2. The van der Waals surface area contributed by atoms with Gasteiger partial charge in [0.2, 0.25) is 0 Å². The molecule has 0 radical (unpaired) electrons. The molecule has 2 saturated heterocycles. The fourth-order valence-electron chi connectivity index (χ4n) is 8.95. The molecule has 0 unspecified atom stereocenters. The van der Waals surface area contributed by atoms with E-state index in [1.54, 1.807) is 78.2 Å². The van der Waals surface area contributed by atoms with E-state index in [9.17, 15) is 24.9 Å². The van der Waals surface area contributed by atoms with Crippen molar-refractivity contribution in [3.05, 3.63) is 193 Å². The van der Waals surface area contributed by atoms with Crippen molar-refractivity contribution in [1.29, 1.82) is 0 Å². The van der Waals surface area contributed by atoms with Crippen LogP contribution in [0.3, 0.4) is 0 Å². The molecule has 0 spiro atoms. The van der Waals surface area contributed by atoms with Crippen LogP contribution < -0.4 is 20.1 Å². The Hall–Kier alpha value is -8.17. The molecule has 0 bridgehead atoms. The van der Waals surface area contributed by atoms with Crippen LogP contribution in [0.5, 0.6) is 11.5 Å². The van der Waals surface area contributed by atoms with Gasteiger partial charge in [-0.3, -0.25) is 18.7 Å². The Morgan fingerprint density at radius 2 is 0.987 bits per heavy atom. The van der Waals surface area contributed by atoms with E-state index in [2.05, 4.69) is 40.5 Å². The fourth-order valence-corrected chi connectivity index (χ4v) is 9.33. The number of halogens is 1. The first kappa shape index (κ1) is 52.7. The Morgan fingerprint density at radius 1 is 0.592 bits per heavy atom. The first-order chi connectivity index (χ1) is 37.0. The van der Waals surface area contributed by atoms with Crippen molar-refractivity contribution in [1.82, 2.24) is 39.0 Å². The molecule has 2 aliphatic rings. The summed E-state index contributed by atoms with van der Waals surface area (Å²) in [5.74, 6) is 1.62. The Bertz CT molecular complexity index is 3150. The van der Waals surface area contributed by atoms with Gasteiger partial charge in [-0.2, -0.15) is 0 Å². The molecule has 4 aromatic heterocycles. The van der Waals surface area contributed by atoms with Crippen molar-refractivity contribution in [2.45, 2.75) is 67.9 Å². The van der Waals surface area contributed by atoms with Crippen molar-refractivity contribution >= 4 is 57.4 Å². The Kier molecular flexibility index (Phi) is 16.6. The second-order valence-electron chi connectivity index (χ2n) is 17.7. The maximum atomic E-state index is 12.4. The smallest absolute Gasteiger partial charge is 0.256 e. The van der Waals surface area contributed by atoms with E-state index in [0.717, 1.165) is 34.6 Å². The molecule has 2 amide bonds. The van der Waals surface area contributed by atoms with Crippen LogP contribution in [0, 0.1) is 0 Å². The molecule has 2 aliphatic heterocycles. The number of nitrogens with one attached hydrogen (secondary N) is 2. The van der Waals surface area contributed by atoms with Gasteiger partial charge in [0, 0.05) is 24.0 Å². The molecule has 2 fully saturated rings. The van der Waals surface area contributed by atoms with Crippen molar-refractivity contribution < 1.29 is 43.9 Å². The Balaban J connectivity index is 0.000000139. The number of ether oxygens (including phenoxy) is 4. The van der Waals surface area contributed by atoms with Gasteiger partial charge < -0.3 is 44.9 Å². The number of carbonyl (C=O) groups excluding carboxylic acids is 2. The minimum atomic E-state index is -0.790. The number of aromatic nitrogens is 8. The van der Waals surface area contributed by atoms with Crippen LogP contribution in [-0.4, -0.2) is 111 Å². The van der Waals surface area contributed by atoms with Gasteiger partial charge in [0.05, 0.1) is 45.7 Å². The zero-order chi connectivity index (χ0) is 53.2. The van der Waals surface area contributed by atoms with E-state index in [-0.39, 0.29) is 30.3 Å². The normalized spacial score (nSPS) is 19.0. The third-order valence-electron chi connectivity index (χ3n) is 12.9. The van der Waals surface area contributed by atoms with Crippen LogP contribution >= 0.6 is 11.6 Å².